The third kappa shape index (κ3) is 2.54. The Morgan fingerprint density at radius 1 is 1.41 bits per heavy atom. The number of halogens is 1. The van der Waals surface area contributed by atoms with Crippen LogP contribution in [0, 0.1) is 0 Å². The second-order valence-corrected chi connectivity index (χ2v) is 5.73. The predicted octanol–water partition coefficient (Wildman–Crippen LogP) is 1.24. The molecule has 0 aliphatic carbocycles. The smallest absolute Gasteiger partial charge is 0.343 e. The summed E-state index contributed by atoms with van der Waals surface area (Å²) in [6, 6.07) is 0. The number of carboxylic acids is 1. The Hall–Kier alpha value is -2.42. The van der Waals surface area contributed by atoms with Crippen molar-refractivity contribution >= 4 is 23.2 Å². The Kier molecular flexibility index (Phi) is 3.57. The van der Waals surface area contributed by atoms with Gasteiger partial charge in [0.05, 0.1) is 12.7 Å². The molecule has 1 unspecified atom stereocenters. The molecule has 3 rings (SSSR count). The highest BCUT2D eigenvalue weighted by molar-refractivity contribution is 7.13. The summed E-state index contributed by atoms with van der Waals surface area (Å²) in [4.78, 5) is 36.5. The zero-order valence-corrected chi connectivity index (χ0v) is 12.1. The van der Waals surface area contributed by atoms with E-state index in [9.17, 15) is 14.0 Å². The summed E-state index contributed by atoms with van der Waals surface area (Å²) < 4.78 is 14.0. The number of amides is 1. The average molecular weight is 322 g/mol. The Balaban J connectivity index is 1.77. The van der Waals surface area contributed by atoms with Crippen molar-refractivity contribution in [2.45, 2.75) is 12.1 Å². The summed E-state index contributed by atoms with van der Waals surface area (Å²) in [5.74, 6) is -2.02. The van der Waals surface area contributed by atoms with Gasteiger partial charge >= 0.3 is 5.97 Å². The molecule has 2 aromatic rings. The molecule has 0 saturated carbocycles. The Labute approximate surface area is 128 Å². The first kappa shape index (κ1) is 14.5. The number of likely N-dealkylation sites (tertiary alicyclic amines) is 1. The van der Waals surface area contributed by atoms with E-state index in [2.05, 4.69) is 15.0 Å². The second kappa shape index (κ2) is 5.41. The molecule has 0 aromatic carbocycles. The highest BCUT2D eigenvalue weighted by Gasteiger charge is 2.47. The fraction of sp³-hybridized carbons (Fsp3) is 0.308. The van der Waals surface area contributed by atoms with Crippen molar-refractivity contribution in [1.29, 1.82) is 0 Å². The number of hydrogen-bond donors (Lipinski definition) is 1. The van der Waals surface area contributed by atoms with E-state index in [-0.39, 0.29) is 18.7 Å². The zero-order chi connectivity index (χ0) is 15.7. The van der Waals surface area contributed by atoms with Crippen LogP contribution in [-0.4, -0.2) is 55.6 Å². The van der Waals surface area contributed by atoms with Crippen LogP contribution in [0.25, 0.3) is 10.7 Å². The molecular formula is C13H11FN4O3S. The molecular weight excluding hydrogens is 311 g/mol. The molecule has 2 aromatic heterocycles. The van der Waals surface area contributed by atoms with E-state index < -0.39 is 24.1 Å². The summed E-state index contributed by atoms with van der Waals surface area (Å²) in [5, 5.41) is 10.9. The van der Waals surface area contributed by atoms with Crippen LogP contribution >= 0.6 is 11.3 Å². The number of nitrogens with zero attached hydrogens (tertiary/aromatic N) is 4. The largest absolute Gasteiger partial charge is 0.479 e. The number of carbonyl (C=O) groups excluding carboxylic acids is 1. The van der Waals surface area contributed by atoms with Crippen molar-refractivity contribution in [3.8, 4) is 10.7 Å². The summed E-state index contributed by atoms with van der Waals surface area (Å²) in [6.45, 7) is -0.404. The maximum atomic E-state index is 14.0. The maximum Gasteiger partial charge on any atom is 0.343 e. The van der Waals surface area contributed by atoms with E-state index >= 15 is 0 Å². The van der Waals surface area contributed by atoms with Crippen LogP contribution in [0.3, 0.4) is 0 Å². The molecule has 9 heteroatoms. The van der Waals surface area contributed by atoms with Gasteiger partial charge in [0.15, 0.2) is 0 Å². The van der Waals surface area contributed by atoms with Gasteiger partial charge in [0.2, 0.25) is 5.67 Å². The lowest BCUT2D eigenvalue weighted by Crippen LogP contribution is -2.39. The third-order valence-corrected chi connectivity index (χ3v) is 4.26. The number of thiazole rings is 1. The zero-order valence-electron chi connectivity index (χ0n) is 11.3. The highest BCUT2D eigenvalue weighted by Crippen LogP contribution is 2.28. The van der Waals surface area contributed by atoms with Crippen molar-refractivity contribution in [1.82, 2.24) is 19.9 Å². The number of aliphatic carboxylic acids is 1. The number of rotatable bonds is 3. The van der Waals surface area contributed by atoms with Gasteiger partial charge in [-0.3, -0.25) is 14.8 Å². The standard InChI is InChI=1S/C13H11FN4O3S/c14-13(12(20)21)1-4-18(7-13)11(19)9-6-22-10(17-9)8-5-15-2-3-16-8/h2-3,5-6H,1,4,7H2,(H,20,21). The minimum atomic E-state index is -2.38. The third-order valence-electron chi connectivity index (χ3n) is 3.40. The monoisotopic (exact) mass is 322 g/mol. The minimum absolute atomic E-state index is 0.0552. The van der Waals surface area contributed by atoms with E-state index in [1.165, 1.54) is 34.8 Å². The van der Waals surface area contributed by atoms with Crippen molar-refractivity contribution < 1.29 is 19.1 Å². The first-order valence-corrected chi connectivity index (χ1v) is 7.31. The van der Waals surface area contributed by atoms with Crippen LogP contribution in [-0.2, 0) is 4.79 Å². The minimum Gasteiger partial charge on any atom is -0.479 e. The van der Waals surface area contributed by atoms with Crippen LogP contribution in [0.2, 0.25) is 0 Å². The molecule has 7 nitrogen and oxygen atoms in total. The molecule has 1 aliphatic heterocycles. The number of aromatic nitrogens is 3. The number of carbonyl (C=O) groups is 2. The lowest BCUT2D eigenvalue weighted by atomic mass is 10.1. The fourth-order valence-corrected chi connectivity index (χ4v) is 2.94. The molecule has 22 heavy (non-hydrogen) atoms. The van der Waals surface area contributed by atoms with Crippen LogP contribution < -0.4 is 0 Å². The summed E-state index contributed by atoms with van der Waals surface area (Å²) >= 11 is 1.22. The van der Waals surface area contributed by atoms with Gasteiger partial charge in [-0.25, -0.2) is 14.2 Å². The summed E-state index contributed by atoms with van der Waals surface area (Å²) in [5.41, 5.74) is -1.68. The van der Waals surface area contributed by atoms with Crippen LogP contribution in [0.4, 0.5) is 4.39 Å². The molecule has 1 fully saturated rings. The van der Waals surface area contributed by atoms with E-state index in [1.54, 1.807) is 5.38 Å². The lowest BCUT2D eigenvalue weighted by molar-refractivity contribution is -0.149. The van der Waals surface area contributed by atoms with Gasteiger partial charge in [-0.1, -0.05) is 0 Å². The summed E-state index contributed by atoms with van der Waals surface area (Å²) in [6.07, 6.45) is 4.36. The van der Waals surface area contributed by atoms with Gasteiger partial charge in [-0.2, -0.15) is 0 Å². The topological polar surface area (TPSA) is 96.3 Å². The van der Waals surface area contributed by atoms with Gasteiger partial charge in [0.25, 0.3) is 5.91 Å². The normalized spacial score (nSPS) is 21.0. The highest BCUT2D eigenvalue weighted by atomic mass is 32.1. The molecule has 0 spiro atoms. The van der Waals surface area contributed by atoms with Crippen LogP contribution in [0.15, 0.2) is 24.0 Å². The fourth-order valence-electron chi connectivity index (χ4n) is 2.18. The number of carboxylic acid groups (broad SMARTS) is 1. The van der Waals surface area contributed by atoms with E-state index in [0.29, 0.717) is 10.7 Å². The molecule has 1 aliphatic rings. The SMILES string of the molecule is O=C(c1csc(-c2cnccn2)n1)N1CCC(F)(C(=O)O)C1. The van der Waals surface area contributed by atoms with Crippen molar-refractivity contribution in [2.75, 3.05) is 13.1 Å². The molecule has 1 atom stereocenters. The Morgan fingerprint density at radius 3 is 2.86 bits per heavy atom. The Morgan fingerprint density at radius 2 is 2.23 bits per heavy atom. The molecule has 1 saturated heterocycles. The molecule has 0 radical (unpaired) electrons. The molecule has 1 N–H and O–H groups in total. The van der Waals surface area contributed by atoms with Gasteiger partial charge < -0.3 is 10.0 Å². The van der Waals surface area contributed by atoms with Gasteiger partial charge in [0, 0.05) is 30.7 Å². The van der Waals surface area contributed by atoms with Gasteiger partial charge in [-0.15, -0.1) is 11.3 Å². The van der Waals surface area contributed by atoms with E-state index in [4.69, 9.17) is 5.11 Å². The average Bonchev–Trinajstić information content (AvgIpc) is 3.15. The van der Waals surface area contributed by atoms with Crippen molar-refractivity contribution in [3.05, 3.63) is 29.7 Å². The molecule has 0 bridgehead atoms. The second-order valence-electron chi connectivity index (χ2n) is 4.88. The van der Waals surface area contributed by atoms with E-state index in [1.807, 2.05) is 0 Å². The first-order chi connectivity index (χ1) is 10.5. The van der Waals surface area contributed by atoms with Crippen molar-refractivity contribution in [3.63, 3.8) is 0 Å². The Bertz CT molecular complexity index is 723. The number of hydrogen-bond acceptors (Lipinski definition) is 6. The summed E-state index contributed by atoms with van der Waals surface area (Å²) in [7, 11) is 0. The maximum absolute atomic E-state index is 14.0. The predicted molar refractivity (Wildman–Crippen MR) is 75.1 cm³/mol. The van der Waals surface area contributed by atoms with E-state index in [0.717, 1.165) is 0 Å². The lowest BCUT2D eigenvalue weighted by Gasteiger charge is -2.16. The molecule has 3 heterocycles. The quantitative estimate of drug-likeness (QED) is 0.913. The van der Waals surface area contributed by atoms with Crippen LogP contribution in [0.5, 0.6) is 0 Å². The van der Waals surface area contributed by atoms with Crippen LogP contribution in [0.1, 0.15) is 16.9 Å². The number of alkyl halides is 1. The van der Waals surface area contributed by atoms with Crippen molar-refractivity contribution in [2.24, 2.45) is 0 Å². The molecule has 114 valence electrons. The molecule has 1 amide bonds. The van der Waals surface area contributed by atoms with Gasteiger partial charge in [0.1, 0.15) is 16.4 Å². The van der Waals surface area contributed by atoms with Gasteiger partial charge in [-0.05, 0) is 0 Å². The first-order valence-electron chi connectivity index (χ1n) is 6.43.